The molecule has 94 valence electrons. The lowest BCUT2D eigenvalue weighted by Gasteiger charge is -2.11. The molecule has 0 amide bonds. The number of hydrogen-bond donors (Lipinski definition) is 1. The second-order valence-electron chi connectivity index (χ2n) is 4.26. The van der Waals surface area contributed by atoms with Gasteiger partial charge in [0.15, 0.2) is 0 Å². The molecule has 0 unspecified atom stereocenters. The molecule has 1 N–H and O–H groups in total. The number of aromatic nitrogens is 3. The zero-order chi connectivity index (χ0) is 13.0. The zero-order valence-electron chi connectivity index (χ0n) is 10.9. The first-order valence-electron chi connectivity index (χ1n) is 5.82. The topological polar surface area (TPSA) is 53.9 Å². The summed E-state index contributed by atoms with van der Waals surface area (Å²) in [5.74, 6) is 1.49. The summed E-state index contributed by atoms with van der Waals surface area (Å²) in [7, 11) is 3.84. The fraction of sp³-hybridized carbons (Fsp3) is 0.308. The van der Waals surface area contributed by atoms with Gasteiger partial charge < -0.3 is 10.2 Å². The Hall–Kier alpha value is -2.17. The average Bonchev–Trinajstić information content (AvgIpc) is 2.37. The van der Waals surface area contributed by atoms with E-state index in [1.54, 1.807) is 6.20 Å². The summed E-state index contributed by atoms with van der Waals surface area (Å²) in [4.78, 5) is 14.9. The van der Waals surface area contributed by atoms with Gasteiger partial charge in [-0.25, -0.2) is 4.98 Å². The lowest BCUT2D eigenvalue weighted by Crippen LogP contribution is -2.13. The third-order valence-electron chi connectivity index (χ3n) is 2.44. The number of hydrogen-bond acceptors (Lipinski definition) is 5. The van der Waals surface area contributed by atoms with Crippen molar-refractivity contribution in [2.45, 2.75) is 13.5 Å². The van der Waals surface area contributed by atoms with E-state index in [0.29, 0.717) is 12.5 Å². The third kappa shape index (κ3) is 3.16. The Morgan fingerprint density at radius 3 is 2.72 bits per heavy atom. The van der Waals surface area contributed by atoms with E-state index in [4.69, 9.17) is 0 Å². The smallest absolute Gasteiger partial charge is 0.226 e. The minimum absolute atomic E-state index is 0.658. The average molecular weight is 243 g/mol. The quantitative estimate of drug-likeness (QED) is 0.888. The van der Waals surface area contributed by atoms with E-state index in [9.17, 15) is 0 Å². The van der Waals surface area contributed by atoms with Gasteiger partial charge >= 0.3 is 0 Å². The first-order valence-corrected chi connectivity index (χ1v) is 5.82. The van der Waals surface area contributed by atoms with E-state index >= 15 is 0 Å². The number of aryl methyl sites for hydroxylation is 1. The predicted octanol–water partition coefficient (Wildman–Crippen LogP) is 1.86. The number of rotatable bonds is 4. The zero-order valence-corrected chi connectivity index (χ0v) is 10.9. The number of nitrogens with zero attached hydrogens (tertiary/aromatic N) is 4. The van der Waals surface area contributed by atoms with Gasteiger partial charge in [-0.15, -0.1) is 0 Å². The van der Waals surface area contributed by atoms with E-state index in [1.807, 2.05) is 50.2 Å². The van der Waals surface area contributed by atoms with Gasteiger partial charge in [0.05, 0.1) is 12.2 Å². The fourth-order valence-corrected chi connectivity index (χ4v) is 1.54. The van der Waals surface area contributed by atoms with Gasteiger partial charge in [-0.3, -0.25) is 4.98 Å². The second kappa shape index (κ2) is 5.44. The highest BCUT2D eigenvalue weighted by Gasteiger charge is 2.01. The predicted molar refractivity (Wildman–Crippen MR) is 72.7 cm³/mol. The summed E-state index contributed by atoms with van der Waals surface area (Å²) < 4.78 is 0. The van der Waals surface area contributed by atoms with E-state index in [0.717, 1.165) is 17.2 Å². The molecule has 0 saturated carbocycles. The molecule has 2 aromatic heterocycles. The minimum atomic E-state index is 0.658. The van der Waals surface area contributed by atoms with Crippen LogP contribution < -0.4 is 10.2 Å². The molecule has 0 saturated heterocycles. The van der Waals surface area contributed by atoms with Crippen LogP contribution in [0.5, 0.6) is 0 Å². The van der Waals surface area contributed by atoms with Crippen molar-refractivity contribution >= 4 is 11.8 Å². The van der Waals surface area contributed by atoms with Crippen LogP contribution >= 0.6 is 0 Å². The number of nitrogens with one attached hydrogen (secondary N) is 1. The van der Waals surface area contributed by atoms with Crippen LogP contribution in [-0.4, -0.2) is 29.0 Å². The van der Waals surface area contributed by atoms with Crippen LogP contribution in [0.1, 0.15) is 11.4 Å². The highest BCUT2D eigenvalue weighted by Crippen LogP contribution is 2.09. The lowest BCUT2D eigenvalue weighted by molar-refractivity contribution is 0.969. The maximum Gasteiger partial charge on any atom is 0.226 e. The Kier molecular flexibility index (Phi) is 3.72. The van der Waals surface area contributed by atoms with Gasteiger partial charge in [0.1, 0.15) is 5.82 Å². The van der Waals surface area contributed by atoms with Crippen molar-refractivity contribution in [2.24, 2.45) is 0 Å². The van der Waals surface area contributed by atoms with Crippen LogP contribution in [0.25, 0.3) is 0 Å². The highest BCUT2D eigenvalue weighted by molar-refractivity contribution is 5.40. The Balaban J connectivity index is 2.04. The van der Waals surface area contributed by atoms with E-state index in [1.165, 1.54) is 0 Å². The first-order chi connectivity index (χ1) is 8.65. The lowest BCUT2D eigenvalue weighted by atomic mass is 10.3. The normalized spacial score (nSPS) is 10.2. The molecular formula is C13H17N5. The molecule has 0 aliphatic heterocycles. The summed E-state index contributed by atoms with van der Waals surface area (Å²) in [6.07, 6.45) is 1.74. The van der Waals surface area contributed by atoms with Crippen LogP contribution in [0, 0.1) is 6.92 Å². The van der Waals surface area contributed by atoms with E-state index in [2.05, 4.69) is 20.3 Å². The van der Waals surface area contributed by atoms with Gasteiger partial charge in [0, 0.05) is 26.0 Å². The molecule has 2 rings (SSSR count). The fourth-order valence-electron chi connectivity index (χ4n) is 1.54. The van der Waals surface area contributed by atoms with Crippen molar-refractivity contribution in [1.29, 1.82) is 0 Å². The minimum Gasteiger partial charge on any atom is -0.364 e. The van der Waals surface area contributed by atoms with Crippen molar-refractivity contribution in [3.05, 3.63) is 41.9 Å². The molecule has 0 aromatic carbocycles. The Morgan fingerprint density at radius 1 is 1.17 bits per heavy atom. The summed E-state index contributed by atoms with van der Waals surface area (Å²) in [5.41, 5.74) is 2.02. The summed E-state index contributed by atoms with van der Waals surface area (Å²) in [5, 5.41) is 3.24. The van der Waals surface area contributed by atoms with Crippen LogP contribution in [-0.2, 0) is 6.54 Å². The molecule has 18 heavy (non-hydrogen) atoms. The Labute approximate surface area is 107 Å². The molecule has 0 fully saturated rings. The summed E-state index contributed by atoms with van der Waals surface area (Å²) >= 11 is 0. The van der Waals surface area contributed by atoms with Crippen LogP contribution in [0.2, 0.25) is 0 Å². The molecule has 2 aromatic rings. The maximum atomic E-state index is 4.43. The van der Waals surface area contributed by atoms with Gasteiger partial charge in [0.25, 0.3) is 0 Å². The summed E-state index contributed by atoms with van der Waals surface area (Å²) in [6.45, 7) is 2.64. The SMILES string of the molecule is Cc1cccc(CNc2ccnc(N(C)C)n2)n1. The van der Waals surface area contributed by atoms with Gasteiger partial charge in [-0.05, 0) is 25.1 Å². The van der Waals surface area contributed by atoms with E-state index in [-0.39, 0.29) is 0 Å². The molecule has 0 atom stereocenters. The molecule has 0 bridgehead atoms. The molecule has 0 aliphatic rings. The van der Waals surface area contributed by atoms with E-state index < -0.39 is 0 Å². The maximum absolute atomic E-state index is 4.43. The van der Waals surface area contributed by atoms with Crippen molar-refractivity contribution in [2.75, 3.05) is 24.3 Å². The van der Waals surface area contributed by atoms with Gasteiger partial charge in [-0.2, -0.15) is 4.98 Å². The molecular weight excluding hydrogens is 226 g/mol. The monoisotopic (exact) mass is 243 g/mol. The summed E-state index contributed by atoms with van der Waals surface area (Å²) in [6, 6.07) is 7.83. The molecule has 5 heteroatoms. The van der Waals surface area contributed by atoms with Crippen LogP contribution in [0.3, 0.4) is 0 Å². The second-order valence-corrected chi connectivity index (χ2v) is 4.26. The number of pyridine rings is 1. The van der Waals surface area contributed by atoms with Crippen molar-refractivity contribution < 1.29 is 0 Å². The van der Waals surface area contributed by atoms with Gasteiger partial charge in [0.2, 0.25) is 5.95 Å². The van der Waals surface area contributed by atoms with Crippen molar-refractivity contribution in [3.8, 4) is 0 Å². The van der Waals surface area contributed by atoms with Crippen LogP contribution in [0.15, 0.2) is 30.5 Å². The standard InChI is InChI=1S/C13H17N5/c1-10-5-4-6-11(16-10)9-15-12-7-8-14-13(17-12)18(2)3/h4-8H,9H2,1-3H3,(H,14,15,17). The molecule has 2 heterocycles. The Morgan fingerprint density at radius 2 is 2.00 bits per heavy atom. The molecule has 5 nitrogen and oxygen atoms in total. The van der Waals surface area contributed by atoms with Crippen molar-refractivity contribution in [3.63, 3.8) is 0 Å². The van der Waals surface area contributed by atoms with Gasteiger partial charge in [-0.1, -0.05) is 6.07 Å². The third-order valence-corrected chi connectivity index (χ3v) is 2.44. The molecule has 0 spiro atoms. The van der Waals surface area contributed by atoms with Crippen molar-refractivity contribution in [1.82, 2.24) is 15.0 Å². The number of anilines is 2. The highest BCUT2D eigenvalue weighted by atomic mass is 15.2. The largest absolute Gasteiger partial charge is 0.364 e. The molecule has 0 aliphatic carbocycles. The Bertz CT molecular complexity index is 524. The first kappa shape index (κ1) is 12.3. The molecule has 0 radical (unpaired) electrons. The van der Waals surface area contributed by atoms with Crippen LogP contribution in [0.4, 0.5) is 11.8 Å².